The van der Waals surface area contributed by atoms with Crippen LogP contribution in [-0.4, -0.2) is 34.6 Å². The van der Waals surface area contributed by atoms with Gasteiger partial charge in [-0.15, -0.1) is 0 Å². The minimum atomic E-state index is -0.623. The molecule has 1 saturated heterocycles. The van der Waals surface area contributed by atoms with E-state index < -0.39 is 5.97 Å². The lowest BCUT2D eigenvalue weighted by Gasteiger charge is -2.27. The second-order valence-electron chi connectivity index (χ2n) is 4.81. The average molecular weight is 197 g/mol. The Morgan fingerprint density at radius 1 is 1.36 bits per heavy atom. The van der Waals surface area contributed by atoms with Crippen molar-refractivity contribution in [3.63, 3.8) is 0 Å². The van der Waals surface area contributed by atoms with Gasteiger partial charge in [0.25, 0.3) is 0 Å². The first kappa shape index (κ1) is 9.97. The van der Waals surface area contributed by atoms with Crippen LogP contribution in [0, 0.1) is 5.92 Å². The van der Waals surface area contributed by atoms with E-state index >= 15 is 0 Å². The summed E-state index contributed by atoms with van der Waals surface area (Å²) in [7, 11) is 0. The molecule has 0 aromatic rings. The van der Waals surface area contributed by atoms with Crippen molar-refractivity contribution in [2.24, 2.45) is 5.92 Å². The summed E-state index contributed by atoms with van der Waals surface area (Å²) in [6, 6.07) is 0.360. The fourth-order valence-electron chi connectivity index (χ4n) is 2.97. The summed E-state index contributed by atoms with van der Waals surface area (Å²) < 4.78 is 0. The van der Waals surface area contributed by atoms with E-state index in [9.17, 15) is 4.79 Å². The van der Waals surface area contributed by atoms with Gasteiger partial charge >= 0.3 is 5.97 Å². The zero-order valence-corrected chi connectivity index (χ0v) is 8.78. The Hall–Kier alpha value is -0.570. The molecule has 2 rings (SSSR count). The maximum Gasteiger partial charge on any atom is 0.320 e. The van der Waals surface area contributed by atoms with Gasteiger partial charge in [-0.1, -0.05) is 6.92 Å². The largest absolute Gasteiger partial charge is 0.480 e. The predicted molar refractivity (Wildman–Crippen MR) is 54.2 cm³/mol. The lowest BCUT2D eigenvalue weighted by atomic mass is 10.1. The van der Waals surface area contributed by atoms with E-state index in [1.54, 1.807) is 0 Å². The Morgan fingerprint density at radius 3 is 2.71 bits per heavy atom. The number of carboxylic acid groups (broad SMARTS) is 1. The van der Waals surface area contributed by atoms with Gasteiger partial charge in [-0.05, 0) is 44.6 Å². The van der Waals surface area contributed by atoms with Crippen LogP contribution >= 0.6 is 0 Å². The Morgan fingerprint density at radius 2 is 2.14 bits per heavy atom. The second-order valence-corrected chi connectivity index (χ2v) is 4.81. The minimum absolute atomic E-state index is 0.190. The molecule has 1 saturated carbocycles. The standard InChI is InChI=1S/C11H19NO2/c1-8-4-5-9(7-8)12-6-2-3-10(12)11(13)14/h8-10H,2-7H2,1H3,(H,13,14). The quantitative estimate of drug-likeness (QED) is 0.732. The SMILES string of the molecule is CC1CCC(N2CCCC2C(=O)O)C1. The van der Waals surface area contributed by atoms with Crippen LogP contribution in [0.15, 0.2) is 0 Å². The van der Waals surface area contributed by atoms with E-state index in [1.165, 1.54) is 19.3 Å². The lowest BCUT2D eigenvalue weighted by molar-refractivity contribution is -0.142. The molecule has 1 aliphatic carbocycles. The number of carboxylic acids is 1. The molecule has 2 aliphatic rings. The van der Waals surface area contributed by atoms with E-state index in [4.69, 9.17) is 5.11 Å². The fraction of sp³-hybridized carbons (Fsp3) is 0.909. The predicted octanol–water partition coefficient (Wildman–Crippen LogP) is 1.72. The summed E-state index contributed by atoms with van der Waals surface area (Å²) in [5.74, 6) is 0.164. The molecule has 1 N–H and O–H groups in total. The molecule has 3 nitrogen and oxygen atoms in total. The first-order valence-corrected chi connectivity index (χ1v) is 5.67. The topological polar surface area (TPSA) is 40.5 Å². The highest BCUT2D eigenvalue weighted by Gasteiger charge is 2.37. The van der Waals surface area contributed by atoms with Crippen molar-refractivity contribution in [1.82, 2.24) is 4.90 Å². The molecule has 14 heavy (non-hydrogen) atoms. The van der Waals surface area contributed by atoms with Gasteiger partial charge in [-0.2, -0.15) is 0 Å². The molecule has 0 aromatic heterocycles. The Balaban J connectivity index is 1.99. The smallest absolute Gasteiger partial charge is 0.320 e. The summed E-state index contributed by atoms with van der Waals surface area (Å²) >= 11 is 0. The van der Waals surface area contributed by atoms with Gasteiger partial charge in [-0.3, -0.25) is 9.69 Å². The van der Waals surface area contributed by atoms with Crippen LogP contribution in [0.2, 0.25) is 0 Å². The van der Waals surface area contributed by atoms with E-state index in [0.717, 1.165) is 25.3 Å². The zero-order valence-electron chi connectivity index (χ0n) is 8.78. The monoisotopic (exact) mass is 197 g/mol. The van der Waals surface area contributed by atoms with E-state index in [0.29, 0.717) is 6.04 Å². The summed E-state index contributed by atoms with van der Waals surface area (Å²) in [4.78, 5) is 13.2. The second kappa shape index (κ2) is 3.89. The first-order chi connectivity index (χ1) is 6.68. The van der Waals surface area contributed by atoms with Crippen LogP contribution in [0.1, 0.15) is 39.0 Å². The first-order valence-electron chi connectivity index (χ1n) is 5.67. The summed E-state index contributed by atoms with van der Waals surface area (Å²) in [5.41, 5.74) is 0. The maximum atomic E-state index is 11.0. The van der Waals surface area contributed by atoms with Gasteiger partial charge in [0.05, 0.1) is 0 Å². The van der Waals surface area contributed by atoms with E-state index in [1.807, 2.05) is 0 Å². The number of hydrogen-bond donors (Lipinski definition) is 1. The highest BCUT2D eigenvalue weighted by atomic mass is 16.4. The Labute approximate surface area is 85.1 Å². The van der Waals surface area contributed by atoms with Crippen LogP contribution < -0.4 is 0 Å². The third kappa shape index (κ3) is 1.78. The molecule has 3 heteroatoms. The number of rotatable bonds is 2. The third-order valence-electron chi connectivity index (χ3n) is 3.72. The minimum Gasteiger partial charge on any atom is -0.480 e. The summed E-state index contributed by atoms with van der Waals surface area (Å²) in [5, 5.41) is 9.07. The van der Waals surface area contributed by atoms with Crippen molar-refractivity contribution in [1.29, 1.82) is 0 Å². The number of aliphatic carboxylic acids is 1. The molecule has 1 heterocycles. The Bertz CT molecular complexity index is 229. The van der Waals surface area contributed by atoms with E-state index in [2.05, 4.69) is 11.8 Å². The molecule has 0 spiro atoms. The molecule has 2 fully saturated rings. The van der Waals surface area contributed by atoms with Crippen molar-refractivity contribution in [2.45, 2.75) is 51.1 Å². The van der Waals surface area contributed by atoms with Crippen LogP contribution in [0.3, 0.4) is 0 Å². The molecule has 0 bridgehead atoms. The van der Waals surface area contributed by atoms with Crippen molar-refractivity contribution in [2.75, 3.05) is 6.54 Å². The molecule has 80 valence electrons. The Kier molecular flexibility index (Phi) is 2.77. The van der Waals surface area contributed by atoms with Gasteiger partial charge in [-0.25, -0.2) is 0 Å². The highest BCUT2D eigenvalue weighted by Crippen LogP contribution is 2.33. The molecule has 1 aliphatic heterocycles. The van der Waals surface area contributed by atoms with Gasteiger partial charge in [0.2, 0.25) is 0 Å². The van der Waals surface area contributed by atoms with Gasteiger partial charge in [0.15, 0.2) is 0 Å². The zero-order chi connectivity index (χ0) is 10.1. The molecule has 0 aromatic carbocycles. The fourth-order valence-corrected chi connectivity index (χ4v) is 2.97. The summed E-state index contributed by atoms with van der Waals surface area (Å²) in [6.45, 7) is 3.26. The van der Waals surface area contributed by atoms with Crippen LogP contribution in [0.5, 0.6) is 0 Å². The molecule has 0 amide bonds. The molecular formula is C11H19NO2. The van der Waals surface area contributed by atoms with Gasteiger partial charge < -0.3 is 5.11 Å². The number of carbonyl (C=O) groups is 1. The molecule has 3 unspecified atom stereocenters. The van der Waals surface area contributed by atoms with Gasteiger partial charge in [0, 0.05) is 6.04 Å². The van der Waals surface area contributed by atoms with E-state index in [-0.39, 0.29) is 6.04 Å². The molecule has 0 radical (unpaired) electrons. The van der Waals surface area contributed by atoms with Crippen molar-refractivity contribution >= 4 is 5.97 Å². The maximum absolute atomic E-state index is 11.0. The van der Waals surface area contributed by atoms with Crippen molar-refractivity contribution < 1.29 is 9.90 Å². The number of hydrogen-bond acceptors (Lipinski definition) is 2. The number of nitrogens with zero attached hydrogens (tertiary/aromatic N) is 1. The van der Waals surface area contributed by atoms with Crippen LogP contribution in [-0.2, 0) is 4.79 Å². The van der Waals surface area contributed by atoms with Gasteiger partial charge in [0.1, 0.15) is 6.04 Å². The average Bonchev–Trinajstić information content (AvgIpc) is 2.70. The van der Waals surface area contributed by atoms with Crippen LogP contribution in [0.25, 0.3) is 0 Å². The normalized spacial score (nSPS) is 39.1. The third-order valence-corrected chi connectivity index (χ3v) is 3.72. The highest BCUT2D eigenvalue weighted by molar-refractivity contribution is 5.73. The molecular weight excluding hydrogens is 178 g/mol. The van der Waals surface area contributed by atoms with Crippen molar-refractivity contribution in [3.8, 4) is 0 Å². The lowest BCUT2D eigenvalue weighted by Crippen LogP contribution is -2.42. The number of likely N-dealkylation sites (tertiary alicyclic amines) is 1. The van der Waals surface area contributed by atoms with Crippen LogP contribution in [0.4, 0.5) is 0 Å². The van der Waals surface area contributed by atoms with Crippen molar-refractivity contribution in [3.05, 3.63) is 0 Å². The summed E-state index contributed by atoms with van der Waals surface area (Å²) in [6.07, 6.45) is 5.57. The molecule has 3 atom stereocenters.